The number of nitrogen functional groups attached to an aromatic ring is 1. The van der Waals surface area contributed by atoms with Gasteiger partial charge in [-0.25, -0.2) is 4.68 Å². The Bertz CT molecular complexity index is 507. The van der Waals surface area contributed by atoms with Crippen molar-refractivity contribution in [3.05, 3.63) is 5.69 Å². The molecule has 0 amide bonds. The van der Waals surface area contributed by atoms with E-state index in [1.165, 1.54) is 25.8 Å². The fourth-order valence-electron chi connectivity index (χ4n) is 3.84. The summed E-state index contributed by atoms with van der Waals surface area (Å²) in [5.74, 6) is 1.14. The number of piperazine rings is 1. The highest BCUT2D eigenvalue weighted by Gasteiger charge is 2.35. The van der Waals surface area contributed by atoms with Crippen LogP contribution in [0.5, 0.6) is 0 Å². The van der Waals surface area contributed by atoms with Gasteiger partial charge >= 0.3 is 0 Å². The zero-order valence-corrected chi connectivity index (χ0v) is 13.8. The van der Waals surface area contributed by atoms with Crippen molar-refractivity contribution in [1.29, 1.82) is 0 Å². The van der Waals surface area contributed by atoms with E-state index >= 15 is 0 Å². The largest absolute Gasteiger partial charge is 0.394 e. The number of hydrogen-bond donors (Lipinski definition) is 1. The first-order chi connectivity index (χ1) is 9.99. The Morgan fingerprint density at radius 1 is 1.24 bits per heavy atom. The van der Waals surface area contributed by atoms with Crippen LogP contribution in [0.15, 0.2) is 0 Å². The molecule has 1 aromatic heterocycles. The van der Waals surface area contributed by atoms with E-state index in [2.05, 4.69) is 40.4 Å². The van der Waals surface area contributed by atoms with Gasteiger partial charge in [0.25, 0.3) is 0 Å². The van der Waals surface area contributed by atoms with E-state index in [0.717, 1.165) is 30.3 Å². The van der Waals surface area contributed by atoms with E-state index < -0.39 is 0 Å². The predicted molar refractivity (Wildman–Crippen MR) is 87.8 cm³/mol. The Hall–Kier alpha value is -1.23. The normalized spacial score (nSPS) is 27.2. The Labute approximate surface area is 128 Å². The van der Waals surface area contributed by atoms with Gasteiger partial charge in [0.05, 0.1) is 11.4 Å². The molecule has 1 aromatic rings. The molecule has 2 unspecified atom stereocenters. The summed E-state index contributed by atoms with van der Waals surface area (Å²) in [4.78, 5) is 5.17. The van der Waals surface area contributed by atoms with Crippen molar-refractivity contribution < 1.29 is 0 Å². The summed E-state index contributed by atoms with van der Waals surface area (Å²) in [6.45, 7) is 12.2. The van der Waals surface area contributed by atoms with Crippen LogP contribution in [0.4, 0.5) is 11.5 Å². The van der Waals surface area contributed by atoms with E-state index in [1.807, 2.05) is 6.92 Å². The number of rotatable bonds is 2. The van der Waals surface area contributed by atoms with Crippen LogP contribution in [0.2, 0.25) is 0 Å². The highest BCUT2D eigenvalue weighted by molar-refractivity contribution is 5.67. The number of anilines is 2. The van der Waals surface area contributed by atoms with Crippen molar-refractivity contribution in [2.24, 2.45) is 0 Å². The van der Waals surface area contributed by atoms with E-state index in [4.69, 9.17) is 5.73 Å². The van der Waals surface area contributed by atoms with Gasteiger partial charge in [-0.15, -0.1) is 0 Å². The lowest BCUT2D eigenvalue weighted by molar-refractivity contribution is 0.114. The van der Waals surface area contributed by atoms with Crippen molar-refractivity contribution in [1.82, 2.24) is 14.7 Å². The van der Waals surface area contributed by atoms with Gasteiger partial charge in [-0.3, -0.25) is 4.90 Å². The molecular formula is C16H29N5. The molecule has 0 aliphatic carbocycles. The van der Waals surface area contributed by atoms with E-state index in [1.54, 1.807) is 0 Å². The first-order valence-electron chi connectivity index (χ1n) is 8.34. The van der Waals surface area contributed by atoms with Crippen molar-refractivity contribution in [3.63, 3.8) is 0 Å². The van der Waals surface area contributed by atoms with Crippen LogP contribution >= 0.6 is 0 Å². The lowest BCUT2D eigenvalue weighted by Crippen LogP contribution is -2.59. The van der Waals surface area contributed by atoms with E-state index in [-0.39, 0.29) is 0 Å². The molecule has 2 N–H and O–H groups in total. The molecule has 2 aliphatic rings. The number of piperidine rings is 1. The minimum absolute atomic E-state index is 0.340. The third kappa shape index (κ3) is 2.52. The van der Waals surface area contributed by atoms with Crippen molar-refractivity contribution in [3.8, 4) is 0 Å². The molecule has 2 atom stereocenters. The van der Waals surface area contributed by atoms with E-state index in [9.17, 15) is 0 Å². The molecule has 3 rings (SSSR count). The summed E-state index contributed by atoms with van der Waals surface area (Å²) >= 11 is 0. The minimum atomic E-state index is 0.340. The third-order valence-electron chi connectivity index (χ3n) is 5.05. The zero-order chi connectivity index (χ0) is 15.1. The molecule has 2 aliphatic heterocycles. The van der Waals surface area contributed by atoms with E-state index in [0.29, 0.717) is 18.1 Å². The monoisotopic (exact) mass is 291 g/mol. The summed E-state index contributed by atoms with van der Waals surface area (Å²) in [5, 5.41) is 4.66. The zero-order valence-electron chi connectivity index (χ0n) is 13.8. The summed E-state index contributed by atoms with van der Waals surface area (Å²) < 4.78 is 2.11. The quantitative estimate of drug-likeness (QED) is 0.909. The van der Waals surface area contributed by atoms with Crippen LogP contribution in [0, 0.1) is 6.92 Å². The molecule has 5 nitrogen and oxygen atoms in total. The molecule has 2 saturated heterocycles. The Kier molecular flexibility index (Phi) is 3.86. The number of nitrogens with two attached hydrogens (primary N) is 1. The van der Waals surface area contributed by atoms with Crippen LogP contribution in [-0.4, -0.2) is 46.4 Å². The van der Waals surface area contributed by atoms with Gasteiger partial charge in [-0.05, 0) is 47.1 Å². The lowest BCUT2D eigenvalue weighted by Gasteiger charge is -2.48. The maximum Gasteiger partial charge on any atom is 0.151 e. The number of fused-ring (bicyclic) bond motifs is 1. The van der Waals surface area contributed by atoms with Gasteiger partial charge in [0.1, 0.15) is 0 Å². The number of aromatic nitrogens is 2. The number of aryl methyl sites for hydroxylation is 1. The maximum absolute atomic E-state index is 6.36. The van der Waals surface area contributed by atoms with Crippen molar-refractivity contribution in [2.75, 3.05) is 30.3 Å². The SMILES string of the molecule is Cc1nn(C(C)C)c(N2CC3CCCCN3CC2C)c1N. The van der Waals surface area contributed by atoms with Crippen molar-refractivity contribution in [2.45, 2.75) is 65.1 Å². The summed E-state index contributed by atoms with van der Waals surface area (Å²) in [5.41, 5.74) is 8.18. The second-order valence-electron chi connectivity index (χ2n) is 7.01. The van der Waals surface area contributed by atoms with Gasteiger partial charge in [-0.1, -0.05) is 6.42 Å². The predicted octanol–water partition coefficient (Wildman–Crippen LogP) is 2.42. The Balaban J connectivity index is 1.92. The molecule has 21 heavy (non-hydrogen) atoms. The van der Waals surface area contributed by atoms with Crippen LogP contribution < -0.4 is 10.6 Å². The minimum Gasteiger partial charge on any atom is -0.394 e. The second kappa shape index (κ2) is 5.52. The highest BCUT2D eigenvalue weighted by Crippen LogP contribution is 2.34. The number of hydrogen-bond acceptors (Lipinski definition) is 4. The number of nitrogens with zero attached hydrogens (tertiary/aromatic N) is 4. The van der Waals surface area contributed by atoms with Crippen LogP contribution in [0.25, 0.3) is 0 Å². The molecule has 0 saturated carbocycles. The molecule has 3 heterocycles. The summed E-state index contributed by atoms with van der Waals surface area (Å²) in [6, 6.07) is 1.52. The van der Waals surface area contributed by atoms with Gasteiger partial charge < -0.3 is 10.6 Å². The molecule has 0 aromatic carbocycles. The van der Waals surface area contributed by atoms with Crippen LogP contribution in [0.1, 0.15) is 51.8 Å². The van der Waals surface area contributed by atoms with Crippen molar-refractivity contribution >= 4 is 11.5 Å². The average Bonchev–Trinajstić information content (AvgIpc) is 2.74. The maximum atomic E-state index is 6.36. The van der Waals surface area contributed by atoms with Crippen LogP contribution in [0.3, 0.4) is 0 Å². The third-order valence-corrected chi connectivity index (χ3v) is 5.05. The second-order valence-corrected chi connectivity index (χ2v) is 7.01. The van der Waals surface area contributed by atoms with Crippen LogP contribution in [-0.2, 0) is 0 Å². The lowest BCUT2D eigenvalue weighted by atomic mass is 9.97. The van der Waals surface area contributed by atoms with Gasteiger partial charge in [0.15, 0.2) is 5.82 Å². The molecule has 0 radical (unpaired) electrons. The Morgan fingerprint density at radius 3 is 2.71 bits per heavy atom. The fourth-order valence-corrected chi connectivity index (χ4v) is 3.84. The molecular weight excluding hydrogens is 262 g/mol. The Morgan fingerprint density at radius 2 is 2.00 bits per heavy atom. The fraction of sp³-hybridized carbons (Fsp3) is 0.812. The van der Waals surface area contributed by atoms with Gasteiger partial charge in [0.2, 0.25) is 0 Å². The van der Waals surface area contributed by atoms with Gasteiger partial charge in [0, 0.05) is 31.2 Å². The molecule has 2 fully saturated rings. The topological polar surface area (TPSA) is 50.3 Å². The molecule has 118 valence electrons. The standard InChI is InChI=1S/C16H29N5/c1-11(2)21-16(15(17)13(4)18-21)20-10-14-7-5-6-8-19(14)9-12(20)3/h11-12,14H,5-10,17H2,1-4H3. The summed E-state index contributed by atoms with van der Waals surface area (Å²) in [7, 11) is 0. The first-order valence-corrected chi connectivity index (χ1v) is 8.34. The first kappa shape index (κ1) is 14.7. The smallest absolute Gasteiger partial charge is 0.151 e. The molecule has 0 spiro atoms. The van der Waals surface area contributed by atoms with Gasteiger partial charge in [-0.2, -0.15) is 5.10 Å². The molecule has 0 bridgehead atoms. The molecule has 5 heteroatoms. The average molecular weight is 291 g/mol. The highest BCUT2D eigenvalue weighted by atomic mass is 15.4. The summed E-state index contributed by atoms with van der Waals surface area (Å²) in [6.07, 6.45) is 4.04.